The van der Waals surface area contributed by atoms with Crippen LogP contribution in [0.4, 0.5) is 23.1 Å². The van der Waals surface area contributed by atoms with Crippen LogP contribution in [0.25, 0.3) is 11.0 Å². The summed E-state index contributed by atoms with van der Waals surface area (Å²) in [6, 6.07) is 18.0. The number of nitrogens with zero attached hydrogens (tertiary/aromatic N) is 6. The molecule has 0 atom stereocenters. The van der Waals surface area contributed by atoms with Crippen molar-refractivity contribution in [1.82, 2.24) is 19.7 Å². The van der Waals surface area contributed by atoms with Crippen LogP contribution in [0.2, 0.25) is 5.02 Å². The highest BCUT2D eigenvalue weighted by Crippen LogP contribution is 2.27. The molecule has 2 aromatic heterocycles. The third-order valence-electron chi connectivity index (χ3n) is 5.35. The van der Waals surface area contributed by atoms with Crippen LogP contribution in [0.5, 0.6) is 0 Å². The first-order chi connectivity index (χ1) is 14.7. The second-order valence-corrected chi connectivity index (χ2v) is 7.76. The fourth-order valence-electron chi connectivity index (χ4n) is 3.74. The molecule has 0 radical (unpaired) electrons. The van der Waals surface area contributed by atoms with Crippen molar-refractivity contribution in [2.45, 2.75) is 0 Å². The molecule has 1 aliphatic rings. The van der Waals surface area contributed by atoms with E-state index in [0.29, 0.717) is 0 Å². The molecule has 4 aromatic rings. The number of fused-ring (bicyclic) bond motifs is 1. The van der Waals surface area contributed by atoms with E-state index < -0.39 is 0 Å². The van der Waals surface area contributed by atoms with Crippen molar-refractivity contribution in [2.24, 2.45) is 7.05 Å². The molecule has 0 spiro atoms. The first kappa shape index (κ1) is 18.7. The number of benzene rings is 2. The standard InChI is InChI=1S/C22H22ClN7/c1-28-21-19(15-24-28)20(25-17-7-3-2-4-8-17)26-22(27-21)30-12-10-29(11-13-30)18-9-5-6-16(23)14-18/h2-9,14-15H,10-13H2,1H3,(H,25,26,27). The molecule has 0 saturated carbocycles. The number of anilines is 4. The number of hydrogen-bond donors (Lipinski definition) is 1. The molecule has 0 aliphatic carbocycles. The molecule has 0 bridgehead atoms. The lowest BCUT2D eigenvalue weighted by Crippen LogP contribution is -2.47. The molecule has 5 rings (SSSR count). The number of aryl methyl sites for hydroxylation is 1. The zero-order chi connectivity index (χ0) is 20.5. The molecule has 1 saturated heterocycles. The summed E-state index contributed by atoms with van der Waals surface area (Å²) in [4.78, 5) is 14.2. The van der Waals surface area contributed by atoms with Crippen molar-refractivity contribution in [3.05, 3.63) is 65.8 Å². The van der Waals surface area contributed by atoms with E-state index in [2.05, 4.69) is 26.3 Å². The lowest BCUT2D eigenvalue weighted by atomic mass is 10.2. The Kier molecular flexibility index (Phi) is 4.88. The van der Waals surface area contributed by atoms with E-state index >= 15 is 0 Å². The summed E-state index contributed by atoms with van der Waals surface area (Å²) in [6.07, 6.45) is 1.81. The van der Waals surface area contributed by atoms with Crippen molar-refractivity contribution in [3.63, 3.8) is 0 Å². The van der Waals surface area contributed by atoms with Gasteiger partial charge < -0.3 is 15.1 Å². The normalized spacial score (nSPS) is 14.3. The molecule has 1 aliphatic heterocycles. The molecule has 30 heavy (non-hydrogen) atoms. The Morgan fingerprint density at radius 2 is 1.67 bits per heavy atom. The summed E-state index contributed by atoms with van der Waals surface area (Å²) in [5.74, 6) is 1.49. The summed E-state index contributed by atoms with van der Waals surface area (Å²) in [5.41, 5.74) is 2.95. The molecule has 152 valence electrons. The number of rotatable bonds is 4. The second-order valence-electron chi connectivity index (χ2n) is 7.32. The quantitative estimate of drug-likeness (QED) is 0.537. The van der Waals surface area contributed by atoms with E-state index in [4.69, 9.17) is 21.6 Å². The van der Waals surface area contributed by atoms with Gasteiger partial charge >= 0.3 is 0 Å². The summed E-state index contributed by atoms with van der Waals surface area (Å²) in [7, 11) is 1.91. The van der Waals surface area contributed by atoms with Crippen LogP contribution in [0, 0.1) is 0 Å². The Hall–Kier alpha value is -3.32. The second kappa shape index (κ2) is 7.84. The SMILES string of the molecule is Cn1ncc2c(Nc3ccccc3)nc(N3CCN(c4cccc(Cl)c4)CC3)nc21. The molecule has 1 fully saturated rings. The van der Waals surface area contributed by atoms with Crippen LogP contribution in [0.3, 0.4) is 0 Å². The van der Waals surface area contributed by atoms with Gasteiger partial charge in [0, 0.05) is 49.6 Å². The lowest BCUT2D eigenvalue weighted by molar-refractivity contribution is 0.640. The number of para-hydroxylation sites is 1. The van der Waals surface area contributed by atoms with Gasteiger partial charge in [-0.15, -0.1) is 0 Å². The van der Waals surface area contributed by atoms with Crippen molar-refractivity contribution in [2.75, 3.05) is 41.3 Å². The number of piperazine rings is 1. The third kappa shape index (κ3) is 3.64. The van der Waals surface area contributed by atoms with Crippen LogP contribution in [-0.4, -0.2) is 45.9 Å². The third-order valence-corrected chi connectivity index (χ3v) is 5.59. The van der Waals surface area contributed by atoms with Crippen LogP contribution < -0.4 is 15.1 Å². The molecule has 0 amide bonds. The van der Waals surface area contributed by atoms with Gasteiger partial charge in [-0.1, -0.05) is 35.9 Å². The summed E-state index contributed by atoms with van der Waals surface area (Å²) >= 11 is 6.16. The molecule has 0 unspecified atom stereocenters. The number of nitrogens with one attached hydrogen (secondary N) is 1. The van der Waals surface area contributed by atoms with E-state index in [1.807, 2.05) is 61.8 Å². The predicted octanol–water partition coefficient (Wildman–Crippen LogP) is 4.09. The van der Waals surface area contributed by atoms with Crippen molar-refractivity contribution in [1.29, 1.82) is 0 Å². The van der Waals surface area contributed by atoms with Gasteiger partial charge in [-0.2, -0.15) is 15.1 Å². The Balaban J connectivity index is 1.41. The number of aromatic nitrogens is 4. The summed E-state index contributed by atoms with van der Waals surface area (Å²) < 4.78 is 1.79. The van der Waals surface area contributed by atoms with E-state index in [1.165, 1.54) is 0 Å². The number of halogens is 1. The minimum atomic E-state index is 0.718. The summed E-state index contributed by atoms with van der Waals surface area (Å²) in [6.45, 7) is 3.43. The minimum absolute atomic E-state index is 0.718. The molecule has 8 heteroatoms. The van der Waals surface area contributed by atoms with Gasteiger partial charge in [0.15, 0.2) is 5.65 Å². The first-order valence-electron chi connectivity index (χ1n) is 9.95. The fourth-order valence-corrected chi connectivity index (χ4v) is 3.93. The van der Waals surface area contributed by atoms with Crippen molar-refractivity contribution in [3.8, 4) is 0 Å². The maximum atomic E-state index is 6.16. The van der Waals surface area contributed by atoms with Gasteiger partial charge in [-0.25, -0.2) is 0 Å². The molecular weight excluding hydrogens is 398 g/mol. The lowest BCUT2D eigenvalue weighted by Gasteiger charge is -2.36. The molecule has 7 nitrogen and oxygen atoms in total. The molecular formula is C22H22ClN7. The monoisotopic (exact) mass is 419 g/mol. The van der Waals surface area contributed by atoms with Gasteiger partial charge in [0.1, 0.15) is 5.82 Å². The van der Waals surface area contributed by atoms with Gasteiger partial charge in [-0.05, 0) is 30.3 Å². The van der Waals surface area contributed by atoms with Crippen LogP contribution in [0.1, 0.15) is 0 Å². The zero-order valence-electron chi connectivity index (χ0n) is 16.7. The Labute approximate surface area is 179 Å². The smallest absolute Gasteiger partial charge is 0.229 e. The maximum absolute atomic E-state index is 6.16. The topological polar surface area (TPSA) is 62.1 Å². The van der Waals surface area contributed by atoms with E-state index in [9.17, 15) is 0 Å². The molecule has 1 N–H and O–H groups in total. The van der Waals surface area contributed by atoms with Gasteiger partial charge in [-0.3, -0.25) is 4.68 Å². The van der Waals surface area contributed by atoms with Crippen molar-refractivity contribution >= 4 is 45.8 Å². The largest absolute Gasteiger partial charge is 0.368 e. The summed E-state index contributed by atoms with van der Waals surface area (Å²) in [5, 5.41) is 9.47. The number of hydrogen-bond acceptors (Lipinski definition) is 6. The molecule has 3 heterocycles. The highest BCUT2D eigenvalue weighted by molar-refractivity contribution is 6.30. The van der Waals surface area contributed by atoms with E-state index in [1.54, 1.807) is 4.68 Å². The van der Waals surface area contributed by atoms with Crippen molar-refractivity contribution < 1.29 is 0 Å². The highest BCUT2D eigenvalue weighted by Gasteiger charge is 2.22. The average Bonchev–Trinajstić information content (AvgIpc) is 3.16. The zero-order valence-corrected chi connectivity index (χ0v) is 17.4. The highest BCUT2D eigenvalue weighted by atomic mass is 35.5. The Morgan fingerprint density at radius 1 is 0.900 bits per heavy atom. The van der Waals surface area contributed by atoms with Crippen LogP contribution >= 0.6 is 11.6 Å². The maximum Gasteiger partial charge on any atom is 0.229 e. The average molecular weight is 420 g/mol. The van der Waals surface area contributed by atoms with E-state index in [-0.39, 0.29) is 0 Å². The fraction of sp³-hybridized carbons (Fsp3) is 0.227. The predicted molar refractivity (Wildman–Crippen MR) is 122 cm³/mol. The molecule has 2 aromatic carbocycles. The Bertz CT molecular complexity index is 1170. The van der Waals surface area contributed by atoms with Gasteiger partial charge in [0.2, 0.25) is 5.95 Å². The van der Waals surface area contributed by atoms with Crippen LogP contribution in [-0.2, 0) is 7.05 Å². The van der Waals surface area contributed by atoms with Gasteiger partial charge in [0.25, 0.3) is 0 Å². The van der Waals surface area contributed by atoms with Gasteiger partial charge in [0.05, 0.1) is 11.6 Å². The minimum Gasteiger partial charge on any atom is -0.368 e. The van der Waals surface area contributed by atoms with Crippen LogP contribution in [0.15, 0.2) is 60.8 Å². The van der Waals surface area contributed by atoms with E-state index in [0.717, 1.165) is 65.4 Å². The Morgan fingerprint density at radius 3 is 2.43 bits per heavy atom. The first-order valence-corrected chi connectivity index (χ1v) is 10.3.